The topological polar surface area (TPSA) is 65.1 Å². The normalized spacial score (nSPS) is 16.0. The predicted molar refractivity (Wildman–Crippen MR) is 105 cm³/mol. The molecule has 0 bridgehead atoms. The Morgan fingerprint density at radius 3 is 2.50 bits per heavy atom. The largest absolute Gasteiger partial charge is 0.497 e. The Morgan fingerprint density at radius 1 is 1.07 bits per heavy atom. The molecule has 1 aliphatic rings. The number of ether oxygens (including phenoxy) is 3. The molecule has 0 aromatic heterocycles. The second-order valence-electron chi connectivity index (χ2n) is 6.80. The number of aryl methyl sites for hydroxylation is 1. The molecule has 2 aromatic carbocycles. The van der Waals surface area contributed by atoms with Crippen LogP contribution in [0.2, 0.25) is 0 Å². The van der Waals surface area contributed by atoms with Gasteiger partial charge in [0.2, 0.25) is 0 Å². The lowest BCUT2D eigenvalue weighted by atomic mass is 10.0. The van der Waals surface area contributed by atoms with E-state index in [0.29, 0.717) is 23.6 Å². The van der Waals surface area contributed by atoms with Crippen LogP contribution in [0.3, 0.4) is 0 Å². The number of carbonyl (C=O) groups excluding carboxylic acids is 2. The number of rotatable bonds is 6. The zero-order chi connectivity index (χ0) is 20.1. The highest BCUT2D eigenvalue weighted by atomic mass is 16.5. The van der Waals surface area contributed by atoms with Gasteiger partial charge in [0.25, 0.3) is 5.91 Å². The summed E-state index contributed by atoms with van der Waals surface area (Å²) in [4.78, 5) is 26.7. The van der Waals surface area contributed by atoms with Crippen molar-refractivity contribution < 1.29 is 23.8 Å². The number of hydrogen-bond donors (Lipinski definition) is 0. The van der Waals surface area contributed by atoms with Gasteiger partial charge in [0.05, 0.1) is 25.8 Å². The molecule has 0 N–H and O–H groups in total. The molecule has 2 aromatic rings. The van der Waals surface area contributed by atoms with Crippen molar-refractivity contribution >= 4 is 11.9 Å². The van der Waals surface area contributed by atoms with Gasteiger partial charge in [-0.2, -0.15) is 0 Å². The van der Waals surface area contributed by atoms with Crippen LogP contribution < -0.4 is 9.47 Å². The maximum Gasteiger partial charge on any atom is 0.338 e. The fourth-order valence-electron chi connectivity index (χ4n) is 3.47. The molecule has 1 atom stereocenters. The number of carbonyl (C=O) groups is 2. The second-order valence-corrected chi connectivity index (χ2v) is 6.80. The number of esters is 1. The number of likely N-dealkylation sites (tertiary alicyclic amines) is 1. The van der Waals surface area contributed by atoms with Gasteiger partial charge in [0.1, 0.15) is 11.5 Å². The quantitative estimate of drug-likeness (QED) is 0.714. The van der Waals surface area contributed by atoms with Gasteiger partial charge >= 0.3 is 5.97 Å². The van der Waals surface area contributed by atoms with Gasteiger partial charge < -0.3 is 19.1 Å². The number of amides is 1. The van der Waals surface area contributed by atoms with Crippen molar-refractivity contribution in [2.75, 3.05) is 27.4 Å². The summed E-state index contributed by atoms with van der Waals surface area (Å²) in [6.45, 7) is 2.28. The standard InChI is InChI=1S/C22H25NO5/c1-15-6-8-16(9-7-15)22(25)28-14-21(24)23-12-4-5-19(23)18-13-17(26-2)10-11-20(18)27-3/h6-11,13,19H,4-5,12,14H2,1-3H3/t19-/m0/s1. The molecule has 3 rings (SSSR count). The van der Waals surface area contributed by atoms with Gasteiger partial charge in [0, 0.05) is 12.1 Å². The van der Waals surface area contributed by atoms with Gasteiger partial charge in [-0.1, -0.05) is 17.7 Å². The summed E-state index contributed by atoms with van der Waals surface area (Å²) in [7, 11) is 3.21. The summed E-state index contributed by atoms with van der Waals surface area (Å²) in [6, 6.07) is 12.5. The smallest absolute Gasteiger partial charge is 0.338 e. The first kappa shape index (κ1) is 19.7. The highest BCUT2D eigenvalue weighted by Crippen LogP contribution is 2.38. The summed E-state index contributed by atoms with van der Waals surface area (Å²) >= 11 is 0. The number of methoxy groups -OCH3 is 2. The van der Waals surface area contributed by atoms with Crippen molar-refractivity contribution in [2.24, 2.45) is 0 Å². The molecule has 1 amide bonds. The van der Waals surface area contributed by atoms with E-state index in [1.807, 2.05) is 37.3 Å². The Kier molecular flexibility index (Phi) is 6.19. The van der Waals surface area contributed by atoms with Crippen molar-refractivity contribution in [1.82, 2.24) is 4.90 Å². The van der Waals surface area contributed by atoms with E-state index in [2.05, 4.69) is 0 Å². The molecule has 0 spiro atoms. The molecule has 1 saturated heterocycles. The van der Waals surface area contributed by atoms with Crippen LogP contribution in [0.15, 0.2) is 42.5 Å². The van der Waals surface area contributed by atoms with Crippen LogP contribution in [0.1, 0.15) is 40.4 Å². The molecule has 148 valence electrons. The van der Waals surface area contributed by atoms with Crippen molar-refractivity contribution in [2.45, 2.75) is 25.8 Å². The van der Waals surface area contributed by atoms with Crippen LogP contribution in [0.5, 0.6) is 11.5 Å². The van der Waals surface area contributed by atoms with Crippen LogP contribution in [0, 0.1) is 6.92 Å². The lowest BCUT2D eigenvalue weighted by Gasteiger charge is -2.26. The Labute approximate surface area is 165 Å². The Balaban J connectivity index is 1.69. The van der Waals surface area contributed by atoms with E-state index in [9.17, 15) is 9.59 Å². The summed E-state index contributed by atoms with van der Waals surface area (Å²) in [5.74, 6) is 0.707. The minimum atomic E-state index is -0.497. The lowest BCUT2D eigenvalue weighted by Crippen LogP contribution is -2.34. The summed E-state index contributed by atoms with van der Waals surface area (Å²) in [5.41, 5.74) is 2.39. The average molecular weight is 383 g/mol. The molecule has 0 saturated carbocycles. The maximum absolute atomic E-state index is 12.7. The minimum Gasteiger partial charge on any atom is -0.497 e. The van der Waals surface area contributed by atoms with E-state index in [0.717, 1.165) is 24.0 Å². The lowest BCUT2D eigenvalue weighted by molar-refractivity contribution is -0.135. The maximum atomic E-state index is 12.7. The second kappa shape index (κ2) is 8.78. The van der Waals surface area contributed by atoms with Crippen LogP contribution >= 0.6 is 0 Å². The third-order valence-corrected chi connectivity index (χ3v) is 4.98. The first-order valence-corrected chi connectivity index (χ1v) is 9.28. The van der Waals surface area contributed by atoms with Gasteiger partial charge in [-0.05, 0) is 50.1 Å². The summed E-state index contributed by atoms with van der Waals surface area (Å²) in [5, 5.41) is 0. The van der Waals surface area contributed by atoms with Gasteiger partial charge in [0.15, 0.2) is 6.61 Å². The predicted octanol–water partition coefficient (Wildman–Crippen LogP) is 3.53. The van der Waals surface area contributed by atoms with E-state index in [-0.39, 0.29) is 18.6 Å². The van der Waals surface area contributed by atoms with Crippen molar-refractivity contribution in [1.29, 1.82) is 0 Å². The average Bonchev–Trinajstić information content (AvgIpc) is 3.21. The van der Waals surface area contributed by atoms with E-state index < -0.39 is 5.97 Å². The van der Waals surface area contributed by atoms with E-state index in [1.165, 1.54) is 0 Å². The fourth-order valence-corrected chi connectivity index (χ4v) is 3.47. The Hall–Kier alpha value is -3.02. The Bertz CT molecular complexity index is 847. The van der Waals surface area contributed by atoms with Gasteiger partial charge in [-0.3, -0.25) is 4.79 Å². The molecule has 1 fully saturated rings. The SMILES string of the molecule is COc1ccc(OC)c([C@@H]2CCCN2C(=O)COC(=O)c2ccc(C)cc2)c1. The third-order valence-electron chi connectivity index (χ3n) is 4.98. The molecule has 0 radical (unpaired) electrons. The molecule has 6 nitrogen and oxygen atoms in total. The molecule has 1 aliphatic heterocycles. The third kappa shape index (κ3) is 4.27. The molecule has 0 unspecified atom stereocenters. The van der Waals surface area contributed by atoms with Crippen molar-refractivity contribution in [3.63, 3.8) is 0 Å². The van der Waals surface area contributed by atoms with Crippen molar-refractivity contribution in [3.05, 3.63) is 59.2 Å². The Morgan fingerprint density at radius 2 is 1.82 bits per heavy atom. The van der Waals surface area contributed by atoms with Crippen LogP contribution in [-0.2, 0) is 9.53 Å². The fraction of sp³-hybridized carbons (Fsp3) is 0.364. The monoisotopic (exact) mass is 383 g/mol. The van der Waals surface area contributed by atoms with Gasteiger partial charge in [-0.15, -0.1) is 0 Å². The zero-order valence-corrected chi connectivity index (χ0v) is 16.4. The molecular weight excluding hydrogens is 358 g/mol. The first-order chi connectivity index (χ1) is 13.5. The molecule has 6 heteroatoms. The molecule has 28 heavy (non-hydrogen) atoms. The summed E-state index contributed by atoms with van der Waals surface area (Å²) < 4.78 is 16.0. The number of benzene rings is 2. The van der Waals surface area contributed by atoms with E-state index >= 15 is 0 Å². The first-order valence-electron chi connectivity index (χ1n) is 9.28. The van der Waals surface area contributed by atoms with Crippen LogP contribution in [0.25, 0.3) is 0 Å². The highest BCUT2D eigenvalue weighted by Gasteiger charge is 2.32. The molecule has 0 aliphatic carbocycles. The van der Waals surface area contributed by atoms with Crippen LogP contribution in [-0.4, -0.2) is 44.1 Å². The van der Waals surface area contributed by atoms with E-state index in [4.69, 9.17) is 14.2 Å². The molecular formula is C22H25NO5. The van der Waals surface area contributed by atoms with Crippen molar-refractivity contribution in [3.8, 4) is 11.5 Å². The summed E-state index contributed by atoms with van der Waals surface area (Å²) in [6.07, 6.45) is 1.70. The molecule has 1 heterocycles. The van der Waals surface area contributed by atoms with Crippen LogP contribution in [0.4, 0.5) is 0 Å². The minimum absolute atomic E-state index is 0.129. The van der Waals surface area contributed by atoms with E-state index in [1.54, 1.807) is 31.3 Å². The number of hydrogen-bond acceptors (Lipinski definition) is 5. The zero-order valence-electron chi connectivity index (χ0n) is 16.4. The van der Waals surface area contributed by atoms with Gasteiger partial charge in [-0.25, -0.2) is 4.79 Å². The number of nitrogens with zero attached hydrogens (tertiary/aromatic N) is 1. The highest BCUT2D eigenvalue weighted by molar-refractivity contribution is 5.91.